The van der Waals surface area contributed by atoms with Crippen molar-refractivity contribution in [3.63, 3.8) is 0 Å². The second-order valence-electron chi connectivity index (χ2n) is 3.34. The molecular formula is C9H12N6OS2. The number of carbonyl (C=O) groups is 1. The maximum Gasteiger partial charge on any atom is 0.236 e. The molecule has 2 heterocycles. The van der Waals surface area contributed by atoms with Crippen molar-refractivity contribution in [3.8, 4) is 0 Å². The molecule has 0 atom stereocenters. The minimum absolute atomic E-state index is 0.118. The van der Waals surface area contributed by atoms with Crippen molar-refractivity contribution < 1.29 is 4.79 Å². The highest BCUT2D eigenvalue weighted by atomic mass is 32.2. The molecule has 0 aromatic carbocycles. The smallest absolute Gasteiger partial charge is 0.236 e. The predicted octanol–water partition coefficient (Wildman–Crippen LogP) is 0.461. The Morgan fingerprint density at radius 2 is 2.44 bits per heavy atom. The van der Waals surface area contributed by atoms with E-state index in [-0.39, 0.29) is 11.7 Å². The van der Waals surface area contributed by atoms with E-state index >= 15 is 0 Å². The Morgan fingerprint density at radius 1 is 1.61 bits per heavy atom. The van der Waals surface area contributed by atoms with Gasteiger partial charge in [-0.15, -0.1) is 21.5 Å². The van der Waals surface area contributed by atoms with E-state index in [0.717, 1.165) is 0 Å². The van der Waals surface area contributed by atoms with Gasteiger partial charge < -0.3 is 15.6 Å². The third-order valence-corrected chi connectivity index (χ3v) is 3.83. The standard InChI is InChI=1S/C9H12N6OS2/c1-15-6(4-10)13-14-9(15)18-5-7(16)12-8-11-2-3-17-8/h2-3H,4-5,10H2,1H3,(H,11,12,16). The summed E-state index contributed by atoms with van der Waals surface area (Å²) in [7, 11) is 1.82. The fourth-order valence-corrected chi connectivity index (χ4v) is 2.49. The Bertz CT molecular complexity index is 523. The van der Waals surface area contributed by atoms with Gasteiger partial charge in [0, 0.05) is 18.6 Å². The normalized spacial score (nSPS) is 10.6. The van der Waals surface area contributed by atoms with Gasteiger partial charge in [0.1, 0.15) is 5.82 Å². The molecule has 3 N–H and O–H groups in total. The van der Waals surface area contributed by atoms with Crippen LogP contribution in [0, 0.1) is 0 Å². The number of aromatic nitrogens is 4. The molecule has 7 nitrogen and oxygen atoms in total. The third kappa shape index (κ3) is 3.06. The van der Waals surface area contributed by atoms with E-state index in [0.29, 0.717) is 22.7 Å². The molecule has 96 valence electrons. The number of hydrogen-bond donors (Lipinski definition) is 2. The number of hydrogen-bond acceptors (Lipinski definition) is 7. The molecule has 0 aliphatic carbocycles. The molecule has 0 spiro atoms. The van der Waals surface area contributed by atoms with Gasteiger partial charge in [0.25, 0.3) is 0 Å². The Labute approximate surface area is 112 Å². The van der Waals surface area contributed by atoms with Gasteiger partial charge in [-0.3, -0.25) is 4.79 Å². The van der Waals surface area contributed by atoms with Gasteiger partial charge in [-0.1, -0.05) is 11.8 Å². The summed E-state index contributed by atoms with van der Waals surface area (Å²) in [5, 5.41) is 13.6. The van der Waals surface area contributed by atoms with E-state index in [2.05, 4.69) is 20.5 Å². The van der Waals surface area contributed by atoms with Gasteiger partial charge in [-0.05, 0) is 0 Å². The average molecular weight is 284 g/mol. The van der Waals surface area contributed by atoms with Crippen LogP contribution < -0.4 is 11.1 Å². The van der Waals surface area contributed by atoms with Crippen molar-refractivity contribution in [1.29, 1.82) is 0 Å². The van der Waals surface area contributed by atoms with Gasteiger partial charge in [-0.25, -0.2) is 4.98 Å². The monoisotopic (exact) mass is 284 g/mol. The third-order valence-electron chi connectivity index (χ3n) is 2.12. The van der Waals surface area contributed by atoms with Crippen LogP contribution in [0.5, 0.6) is 0 Å². The van der Waals surface area contributed by atoms with Gasteiger partial charge in [0.05, 0.1) is 12.3 Å². The lowest BCUT2D eigenvalue weighted by molar-refractivity contribution is -0.113. The van der Waals surface area contributed by atoms with Gasteiger partial charge >= 0.3 is 0 Å². The number of nitrogens with one attached hydrogen (secondary N) is 1. The lowest BCUT2D eigenvalue weighted by Gasteiger charge is -2.02. The molecule has 2 rings (SSSR count). The Morgan fingerprint density at radius 3 is 3.06 bits per heavy atom. The number of nitrogens with zero attached hydrogens (tertiary/aromatic N) is 4. The van der Waals surface area contributed by atoms with E-state index in [1.807, 2.05) is 7.05 Å². The molecule has 1 amide bonds. The summed E-state index contributed by atoms with van der Waals surface area (Å²) in [6, 6.07) is 0. The minimum atomic E-state index is -0.118. The molecule has 2 aromatic heterocycles. The van der Waals surface area contributed by atoms with Crippen LogP contribution in [0.25, 0.3) is 0 Å². The van der Waals surface area contributed by atoms with E-state index < -0.39 is 0 Å². The molecule has 0 aliphatic rings. The summed E-state index contributed by atoms with van der Waals surface area (Å²) in [6.07, 6.45) is 1.64. The summed E-state index contributed by atoms with van der Waals surface area (Å²) >= 11 is 2.69. The lowest BCUT2D eigenvalue weighted by atomic mass is 10.6. The first-order valence-electron chi connectivity index (χ1n) is 5.11. The van der Waals surface area contributed by atoms with Crippen LogP contribution >= 0.6 is 23.1 Å². The van der Waals surface area contributed by atoms with Crippen LogP contribution in [0.3, 0.4) is 0 Å². The SMILES string of the molecule is Cn1c(CN)nnc1SCC(=O)Nc1nccs1. The Hall–Kier alpha value is -1.45. The number of thioether (sulfide) groups is 1. The van der Waals surface area contributed by atoms with Gasteiger partial charge in [-0.2, -0.15) is 0 Å². The van der Waals surface area contributed by atoms with Crippen LogP contribution in [0.15, 0.2) is 16.7 Å². The molecule has 2 aromatic rings. The molecule has 0 radical (unpaired) electrons. The molecule has 0 aliphatic heterocycles. The van der Waals surface area contributed by atoms with Crippen molar-refractivity contribution in [3.05, 3.63) is 17.4 Å². The second-order valence-corrected chi connectivity index (χ2v) is 5.17. The van der Waals surface area contributed by atoms with E-state index in [9.17, 15) is 4.79 Å². The fraction of sp³-hybridized carbons (Fsp3) is 0.333. The zero-order chi connectivity index (χ0) is 13.0. The average Bonchev–Trinajstić information content (AvgIpc) is 2.97. The molecule has 0 saturated carbocycles. The van der Waals surface area contributed by atoms with Crippen molar-refractivity contribution in [1.82, 2.24) is 19.7 Å². The zero-order valence-corrected chi connectivity index (χ0v) is 11.3. The van der Waals surface area contributed by atoms with Crippen LogP contribution in [-0.2, 0) is 18.4 Å². The molecule has 18 heavy (non-hydrogen) atoms. The summed E-state index contributed by atoms with van der Waals surface area (Å²) in [5.74, 6) is 0.834. The first-order chi connectivity index (χ1) is 8.70. The van der Waals surface area contributed by atoms with Crippen LogP contribution in [0.1, 0.15) is 5.82 Å². The predicted molar refractivity (Wildman–Crippen MR) is 70.4 cm³/mol. The number of rotatable bonds is 5. The van der Waals surface area contributed by atoms with Crippen LogP contribution in [-0.4, -0.2) is 31.4 Å². The van der Waals surface area contributed by atoms with Crippen LogP contribution in [0.4, 0.5) is 5.13 Å². The summed E-state index contributed by atoms with van der Waals surface area (Å²) in [6.45, 7) is 0.329. The minimum Gasteiger partial charge on any atom is -0.324 e. The van der Waals surface area contributed by atoms with Crippen molar-refractivity contribution in [2.75, 3.05) is 11.1 Å². The quantitative estimate of drug-likeness (QED) is 0.774. The molecule has 0 saturated heterocycles. The first-order valence-corrected chi connectivity index (χ1v) is 6.97. The zero-order valence-electron chi connectivity index (χ0n) is 9.66. The maximum atomic E-state index is 11.6. The Kier molecular flexibility index (Phi) is 4.28. The Balaban J connectivity index is 1.87. The van der Waals surface area contributed by atoms with Crippen molar-refractivity contribution in [2.45, 2.75) is 11.7 Å². The highest BCUT2D eigenvalue weighted by Crippen LogP contribution is 2.16. The number of thiazole rings is 1. The highest BCUT2D eigenvalue weighted by molar-refractivity contribution is 7.99. The largest absolute Gasteiger partial charge is 0.324 e. The van der Waals surface area contributed by atoms with Crippen molar-refractivity contribution >= 4 is 34.1 Å². The molecule has 9 heteroatoms. The topological polar surface area (TPSA) is 98.7 Å². The number of carbonyl (C=O) groups excluding carboxylic acids is 1. The highest BCUT2D eigenvalue weighted by Gasteiger charge is 2.10. The van der Waals surface area contributed by atoms with Gasteiger partial charge in [0.15, 0.2) is 10.3 Å². The number of amides is 1. The molecular weight excluding hydrogens is 272 g/mol. The van der Waals surface area contributed by atoms with Crippen molar-refractivity contribution in [2.24, 2.45) is 12.8 Å². The van der Waals surface area contributed by atoms with E-state index in [1.54, 1.807) is 16.1 Å². The number of anilines is 1. The molecule has 0 fully saturated rings. The first kappa shape index (κ1) is 13.0. The van der Waals surface area contributed by atoms with E-state index in [1.165, 1.54) is 23.1 Å². The summed E-state index contributed by atoms with van der Waals surface area (Å²) < 4.78 is 1.78. The molecule has 0 unspecified atom stereocenters. The molecule has 0 bridgehead atoms. The second kappa shape index (κ2) is 5.94. The lowest BCUT2D eigenvalue weighted by Crippen LogP contribution is -2.14. The van der Waals surface area contributed by atoms with Gasteiger partial charge in [0.2, 0.25) is 5.91 Å². The maximum absolute atomic E-state index is 11.6. The summed E-state index contributed by atoms with van der Waals surface area (Å²) in [4.78, 5) is 15.6. The summed E-state index contributed by atoms with van der Waals surface area (Å²) in [5.41, 5.74) is 5.49. The number of nitrogens with two attached hydrogens (primary N) is 1. The fourth-order valence-electron chi connectivity index (χ4n) is 1.22. The van der Waals surface area contributed by atoms with E-state index in [4.69, 9.17) is 5.73 Å². The van der Waals surface area contributed by atoms with Crippen LogP contribution in [0.2, 0.25) is 0 Å².